The van der Waals surface area contributed by atoms with Gasteiger partial charge >= 0.3 is 12.1 Å². The minimum atomic E-state index is -1.88. The maximum atomic E-state index is 13.3. The number of esters is 1. The first-order chi connectivity index (χ1) is 17.5. The molecule has 1 amide bonds. The molecule has 0 radical (unpaired) electrons. The highest BCUT2D eigenvalue weighted by atomic mass is 28.4. The summed E-state index contributed by atoms with van der Waals surface area (Å²) in [5, 5.41) is 11.0. The van der Waals surface area contributed by atoms with E-state index in [0.29, 0.717) is 28.5 Å². The Morgan fingerprint density at radius 1 is 1.16 bits per heavy atom. The van der Waals surface area contributed by atoms with Gasteiger partial charge in [-0.3, -0.25) is 4.79 Å². The fourth-order valence-corrected chi connectivity index (χ4v) is 6.37. The molecule has 0 bridgehead atoms. The Hall–Kier alpha value is -3.63. The molecular weight excluding hydrogens is 492 g/mol. The summed E-state index contributed by atoms with van der Waals surface area (Å²) in [7, 11) is -1.88. The molecule has 1 N–H and O–H groups in total. The average molecular weight is 525 g/mol. The molecule has 0 aliphatic carbocycles. The van der Waals surface area contributed by atoms with E-state index in [9.17, 15) is 19.5 Å². The molecule has 0 saturated carbocycles. The zero-order chi connectivity index (χ0) is 27.1. The van der Waals surface area contributed by atoms with Gasteiger partial charge in [-0.25, -0.2) is 14.2 Å². The fourth-order valence-electron chi connectivity index (χ4n) is 5.11. The second kappa shape index (κ2) is 10.0. The summed E-state index contributed by atoms with van der Waals surface area (Å²) in [6.07, 6.45) is 2.35. The summed E-state index contributed by atoms with van der Waals surface area (Å²) in [5.41, 5.74) is 2.01. The fraction of sp³-hybridized carbons (Fsp3) is 0.370. The summed E-state index contributed by atoms with van der Waals surface area (Å²) in [6.45, 7) is 15.3. The number of hydrogen-bond donors (Lipinski definition) is 1. The van der Waals surface area contributed by atoms with E-state index in [-0.39, 0.29) is 48.8 Å². The van der Waals surface area contributed by atoms with Crippen LogP contribution in [0.3, 0.4) is 0 Å². The van der Waals surface area contributed by atoms with Crippen LogP contribution in [0.1, 0.15) is 18.9 Å². The Bertz CT molecular complexity index is 1320. The van der Waals surface area contributed by atoms with Crippen LogP contribution in [0.15, 0.2) is 55.3 Å². The lowest BCUT2D eigenvalue weighted by Gasteiger charge is -2.47. The van der Waals surface area contributed by atoms with E-state index in [0.717, 1.165) is 4.57 Å². The Kier molecular flexibility index (Phi) is 7.16. The van der Waals surface area contributed by atoms with Crippen LogP contribution >= 0.6 is 0 Å². The second-order valence-electron chi connectivity index (χ2n) is 10.1. The largest absolute Gasteiger partial charge is 0.494 e. The van der Waals surface area contributed by atoms with Gasteiger partial charge in [0.25, 0.3) is 0 Å². The molecule has 1 saturated heterocycles. The minimum Gasteiger partial charge on any atom is -0.494 e. The number of amides is 1. The molecule has 37 heavy (non-hydrogen) atoms. The number of β-lactam (4-membered cyclic amide) rings is 1. The molecule has 10 heteroatoms. The lowest BCUT2D eigenvalue weighted by molar-refractivity contribution is -0.161. The number of hydrogen-bond acceptors (Lipinski definition) is 7. The van der Waals surface area contributed by atoms with Crippen molar-refractivity contribution in [1.82, 2.24) is 9.47 Å². The Morgan fingerprint density at radius 2 is 1.84 bits per heavy atom. The highest BCUT2D eigenvalue weighted by molar-refractivity contribution is 6.69. The van der Waals surface area contributed by atoms with Crippen molar-refractivity contribution >= 4 is 42.8 Å². The van der Waals surface area contributed by atoms with Crippen molar-refractivity contribution in [1.29, 1.82) is 0 Å². The summed E-state index contributed by atoms with van der Waals surface area (Å²) in [6, 6.07) is 6.43. The first kappa shape index (κ1) is 26.4. The maximum Gasteiger partial charge on any atom is 0.421 e. The SMILES string of the molecule is C=CCOC(=O)C1=C(c2ccc3c(c2)cc(O)n3C(=O)OCC=C)C[C@@H]2[C@@H]([C@@H](C)O[Si](C)(C)C)C(=O)N12. The predicted octanol–water partition coefficient (Wildman–Crippen LogP) is 4.43. The number of nitrogens with zero attached hydrogens (tertiary/aromatic N) is 2. The quantitative estimate of drug-likeness (QED) is 0.224. The number of fused-ring (bicyclic) bond motifs is 2. The van der Waals surface area contributed by atoms with Crippen molar-refractivity contribution in [3.05, 3.63) is 60.8 Å². The maximum absolute atomic E-state index is 13.3. The number of rotatable bonds is 9. The zero-order valence-corrected chi connectivity index (χ0v) is 22.5. The zero-order valence-electron chi connectivity index (χ0n) is 21.5. The van der Waals surface area contributed by atoms with Gasteiger partial charge in [-0.05, 0) is 56.3 Å². The third-order valence-electron chi connectivity index (χ3n) is 6.42. The van der Waals surface area contributed by atoms with Crippen LogP contribution in [0.4, 0.5) is 4.79 Å². The van der Waals surface area contributed by atoms with Crippen LogP contribution in [-0.2, 0) is 23.5 Å². The topological polar surface area (TPSA) is 107 Å². The van der Waals surface area contributed by atoms with Crippen LogP contribution in [0.2, 0.25) is 19.6 Å². The smallest absolute Gasteiger partial charge is 0.421 e. The first-order valence-electron chi connectivity index (χ1n) is 12.1. The molecule has 1 aromatic heterocycles. The van der Waals surface area contributed by atoms with Gasteiger partial charge in [0, 0.05) is 11.5 Å². The van der Waals surface area contributed by atoms with Crippen LogP contribution < -0.4 is 0 Å². The minimum absolute atomic E-state index is 0.00531. The molecule has 0 spiro atoms. The van der Waals surface area contributed by atoms with Crippen LogP contribution in [0, 0.1) is 5.92 Å². The molecule has 2 aliphatic rings. The van der Waals surface area contributed by atoms with Crippen molar-refractivity contribution < 1.29 is 33.4 Å². The lowest BCUT2D eigenvalue weighted by atomic mass is 9.82. The highest BCUT2D eigenvalue weighted by Crippen LogP contribution is 2.48. The summed E-state index contributed by atoms with van der Waals surface area (Å²) in [5.74, 6) is -1.40. The summed E-state index contributed by atoms with van der Waals surface area (Å²) in [4.78, 5) is 40.3. The van der Waals surface area contributed by atoms with E-state index in [1.54, 1.807) is 18.2 Å². The van der Waals surface area contributed by atoms with Gasteiger partial charge in [-0.2, -0.15) is 0 Å². The Labute approximate surface area is 216 Å². The molecule has 2 aliphatic heterocycles. The third-order valence-corrected chi connectivity index (χ3v) is 7.50. The van der Waals surface area contributed by atoms with Crippen molar-refractivity contribution in [3.8, 4) is 5.88 Å². The van der Waals surface area contributed by atoms with Gasteiger partial charge in [0.1, 0.15) is 18.9 Å². The Balaban J connectivity index is 1.72. The predicted molar refractivity (Wildman–Crippen MR) is 141 cm³/mol. The van der Waals surface area contributed by atoms with E-state index >= 15 is 0 Å². The Morgan fingerprint density at radius 3 is 2.49 bits per heavy atom. The number of carbonyl (C=O) groups is 3. The normalized spacial score (nSPS) is 19.9. The van der Waals surface area contributed by atoms with Crippen molar-refractivity contribution in [3.63, 3.8) is 0 Å². The molecule has 9 nitrogen and oxygen atoms in total. The van der Waals surface area contributed by atoms with Crippen LogP contribution in [0.25, 0.3) is 16.5 Å². The van der Waals surface area contributed by atoms with Gasteiger partial charge in [0.2, 0.25) is 11.8 Å². The number of aromatic nitrogens is 1. The average Bonchev–Trinajstić information content (AvgIpc) is 3.33. The molecule has 4 rings (SSSR count). The molecule has 2 aromatic rings. The number of ether oxygens (including phenoxy) is 2. The molecule has 1 fully saturated rings. The van der Waals surface area contributed by atoms with E-state index in [2.05, 4.69) is 32.8 Å². The van der Waals surface area contributed by atoms with Crippen molar-refractivity contribution in [2.24, 2.45) is 5.92 Å². The van der Waals surface area contributed by atoms with Crippen molar-refractivity contribution in [2.75, 3.05) is 13.2 Å². The number of benzene rings is 1. The van der Waals surface area contributed by atoms with E-state index in [4.69, 9.17) is 13.9 Å². The lowest BCUT2D eigenvalue weighted by Crippen LogP contribution is -2.63. The van der Waals surface area contributed by atoms with E-state index < -0.39 is 20.4 Å². The third kappa shape index (κ3) is 4.86. The molecule has 0 unspecified atom stereocenters. The van der Waals surface area contributed by atoms with Crippen LogP contribution in [0.5, 0.6) is 5.88 Å². The first-order valence-corrected chi connectivity index (χ1v) is 15.5. The monoisotopic (exact) mass is 524 g/mol. The van der Waals surface area contributed by atoms with Crippen LogP contribution in [-0.4, -0.2) is 66.2 Å². The van der Waals surface area contributed by atoms with E-state index in [1.165, 1.54) is 23.1 Å². The standard InChI is InChI=1S/C27H32N2O7Si/c1-7-11-34-26(32)24-19(15-21-23(25(31)29(21)24)16(3)36-37(4,5)6)17-9-10-20-18(13-17)14-22(30)28(20)27(33)35-12-8-2/h7-10,13-14,16,21,23,30H,1-2,11-12,15H2,3-6H3/t16-,21-,23-/m1/s1. The summed E-state index contributed by atoms with van der Waals surface area (Å²) < 4.78 is 17.7. The molecular formula is C27H32N2O7Si. The number of aromatic hydroxyl groups is 1. The number of carbonyl (C=O) groups excluding carboxylic acids is 3. The molecule has 1 aromatic carbocycles. The molecule has 3 atom stereocenters. The van der Waals surface area contributed by atoms with Crippen molar-refractivity contribution in [2.45, 2.75) is 45.1 Å². The second-order valence-corrected chi connectivity index (χ2v) is 14.6. The van der Waals surface area contributed by atoms with Gasteiger partial charge in [-0.1, -0.05) is 31.4 Å². The summed E-state index contributed by atoms with van der Waals surface area (Å²) >= 11 is 0. The molecule has 196 valence electrons. The van der Waals surface area contributed by atoms with Gasteiger partial charge in [0.15, 0.2) is 8.32 Å². The van der Waals surface area contributed by atoms with Gasteiger partial charge in [-0.15, -0.1) is 0 Å². The highest BCUT2D eigenvalue weighted by Gasteiger charge is 2.57. The van der Waals surface area contributed by atoms with E-state index in [1.807, 2.05) is 6.92 Å². The van der Waals surface area contributed by atoms with Gasteiger partial charge in [0.05, 0.1) is 23.6 Å². The molecule has 3 heterocycles. The van der Waals surface area contributed by atoms with Gasteiger partial charge < -0.3 is 23.9 Å².